The number of carbonyl (C=O) groups is 2. The van der Waals surface area contributed by atoms with E-state index in [0.29, 0.717) is 13.1 Å². The number of nitrogens with zero attached hydrogens (tertiary/aromatic N) is 1. The summed E-state index contributed by atoms with van der Waals surface area (Å²) in [6.45, 7) is 4.99. The molecule has 0 saturated carbocycles. The summed E-state index contributed by atoms with van der Waals surface area (Å²) in [5, 5.41) is 3.99. The highest BCUT2D eigenvalue weighted by molar-refractivity contribution is 5.87. The first kappa shape index (κ1) is 19.1. The fraction of sp³-hybridized carbons (Fsp3) is 0.500. The molecule has 27 heavy (non-hydrogen) atoms. The Labute approximate surface area is 159 Å². The van der Waals surface area contributed by atoms with Gasteiger partial charge in [0.1, 0.15) is 11.8 Å². The van der Waals surface area contributed by atoms with Crippen LogP contribution in [0.2, 0.25) is 0 Å². The lowest BCUT2D eigenvalue weighted by atomic mass is 9.99. The highest BCUT2D eigenvalue weighted by atomic mass is 16.5. The Balaban J connectivity index is 1.77. The predicted molar refractivity (Wildman–Crippen MR) is 103 cm³/mol. The number of ether oxygens (including phenoxy) is 2. The first-order chi connectivity index (χ1) is 13.0. The largest absolute Gasteiger partial charge is 0.497 e. The van der Waals surface area contributed by atoms with Crippen molar-refractivity contribution in [2.75, 3.05) is 20.8 Å². The van der Waals surface area contributed by atoms with Gasteiger partial charge in [-0.25, -0.2) is 9.59 Å². The smallest absolute Gasteiger partial charge is 0.328 e. The molecule has 146 valence electrons. The van der Waals surface area contributed by atoms with Crippen molar-refractivity contribution in [2.45, 2.75) is 39.3 Å². The van der Waals surface area contributed by atoms with Gasteiger partial charge in [-0.05, 0) is 36.1 Å². The second-order valence-electron chi connectivity index (χ2n) is 7.00. The third-order valence-electron chi connectivity index (χ3n) is 5.42. The van der Waals surface area contributed by atoms with Crippen LogP contribution < -0.4 is 10.1 Å². The molecule has 2 amide bonds. The summed E-state index contributed by atoms with van der Waals surface area (Å²) in [4.78, 5) is 29.9. The average Bonchev–Trinajstić information content (AvgIpc) is 3.07. The van der Waals surface area contributed by atoms with E-state index >= 15 is 0 Å². The summed E-state index contributed by atoms with van der Waals surface area (Å²) < 4.78 is 10.2. The maximum Gasteiger partial charge on any atom is 0.328 e. The van der Waals surface area contributed by atoms with E-state index < -0.39 is 12.0 Å². The molecule has 2 N–H and O–H groups in total. The number of H-pyrrole nitrogens is 1. The standard InChI is InChI=1S/C20H27N3O4/c1-5-12(2)18(19(24)27-4)22-20(25)23-9-8-14-15-10-13(26-3)6-7-16(15)21-17(14)11-23/h6-7,10,12,18,21H,5,8-9,11H2,1-4H3,(H,22,25)/t12-,18-/m1/s1. The number of nitrogens with one attached hydrogen (secondary N) is 2. The number of hydrogen-bond donors (Lipinski definition) is 2. The van der Waals surface area contributed by atoms with Crippen molar-refractivity contribution >= 4 is 22.9 Å². The molecule has 7 heteroatoms. The molecule has 0 spiro atoms. The van der Waals surface area contributed by atoms with Gasteiger partial charge in [-0.3, -0.25) is 0 Å². The van der Waals surface area contributed by atoms with E-state index in [1.54, 1.807) is 12.0 Å². The minimum absolute atomic E-state index is 0.00212. The molecule has 7 nitrogen and oxygen atoms in total. The van der Waals surface area contributed by atoms with Crippen LogP contribution in [-0.2, 0) is 22.5 Å². The fourth-order valence-corrected chi connectivity index (χ4v) is 3.54. The van der Waals surface area contributed by atoms with Crippen molar-refractivity contribution in [3.05, 3.63) is 29.5 Å². The van der Waals surface area contributed by atoms with Crippen LogP contribution in [-0.4, -0.2) is 48.7 Å². The molecule has 2 aromatic rings. The number of methoxy groups -OCH3 is 2. The number of aromatic amines is 1. The van der Waals surface area contributed by atoms with E-state index in [1.165, 1.54) is 12.7 Å². The number of benzene rings is 1. The Morgan fingerprint density at radius 2 is 2.11 bits per heavy atom. The number of fused-ring (bicyclic) bond motifs is 3. The molecule has 2 heterocycles. The molecular formula is C20H27N3O4. The SMILES string of the molecule is CC[C@@H](C)[C@@H](NC(=O)N1CCc2c([nH]c3ccc(OC)cc23)C1)C(=O)OC. The molecule has 1 aromatic heterocycles. The first-order valence-corrected chi connectivity index (χ1v) is 9.29. The van der Waals surface area contributed by atoms with Crippen LogP contribution >= 0.6 is 0 Å². The summed E-state index contributed by atoms with van der Waals surface area (Å²) in [6.07, 6.45) is 1.52. The Bertz CT molecular complexity index is 845. The summed E-state index contributed by atoms with van der Waals surface area (Å²) in [5.74, 6) is 0.411. The van der Waals surface area contributed by atoms with Crippen LogP contribution in [0.4, 0.5) is 4.79 Å². The van der Waals surface area contributed by atoms with Gasteiger partial charge in [-0.1, -0.05) is 20.3 Å². The van der Waals surface area contributed by atoms with Crippen LogP contribution in [0.1, 0.15) is 31.5 Å². The van der Waals surface area contributed by atoms with E-state index in [4.69, 9.17) is 9.47 Å². The highest BCUT2D eigenvalue weighted by Gasteiger charge is 2.30. The van der Waals surface area contributed by atoms with Gasteiger partial charge >= 0.3 is 12.0 Å². The number of esters is 1. The van der Waals surface area contributed by atoms with E-state index in [-0.39, 0.29) is 11.9 Å². The van der Waals surface area contributed by atoms with Crippen molar-refractivity contribution in [3.8, 4) is 5.75 Å². The van der Waals surface area contributed by atoms with Crippen molar-refractivity contribution < 1.29 is 19.1 Å². The number of urea groups is 1. The summed E-state index contributed by atoms with van der Waals surface area (Å²) >= 11 is 0. The number of rotatable bonds is 5. The molecule has 3 rings (SSSR count). The lowest BCUT2D eigenvalue weighted by molar-refractivity contribution is -0.144. The normalized spacial score (nSPS) is 15.8. The Morgan fingerprint density at radius 1 is 1.33 bits per heavy atom. The Kier molecular flexibility index (Phi) is 5.58. The molecule has 0 bridgehead atoms. The van der Waals surface area contributed by atoms with Gasteiger partial charge in [-0.2, -0.15) is 0 Å². The second-order valence-corrected chi connectivity index (χ2v) is 7.00. The van der Waals surface area contributed by atoms with Crippen LogP contribution in [0.25, 0.3) is 10.9 Å². The summed E-state index contributed by atoms with van der Waals surface area (Å²) in [7, 11) is 3.00. The quantitative estimate of drug-likeness (QED) is 0.790. The highest BCUT2D eigenvalue weighted by Crippen LogP contribution is 2.30. The molecule has 2 atom stereocenters. The zero-order valence-corrected chi connectivity index (χ0v) is 16.3. The number of hydrogen-bond acceptors (Lipinski definition) is 4. The topological polar surface area (TPSA) is 83.7 Å². The Morgan fingerprint density at radius 3 is 2.78 bits per heavy atom. The van der Waals surface area contributed by atoms with Gasteiger partial charge in [0, 0.05) is 23.1 Å². The van der Waals surface area contributed by atoms with Gasteiger partial charge in [0.25, 0.3) is 0 Å². The minimum atomic E-state index is -0.638. The summed E-state index contributed by atoms with van der Waals surface area (Å²) in [6, 6.07) is 5.06. The van der Waals surface area contributed by atoms with E-state index in [2.05, 4.69) is 10.3 Å². The van der Waals surface area contributed by atoms with E-state index in [9.17, 15) is 9.59 Å². The lowest BCUT2D eigenvalue weighted by Crippen LogP contribution is -2.51. The van der Waals surface area contributed by atoms with Gasteiger partial charge in [0.05, 0.1) is 20.8 Å². The van der Waals surface area contributed by atoms with Crippen molar-refractivity contribution in [2.24, 2.45) is 5.92 Å². The Hall–Kier alpha value is -2.70. The van der Waals surface area contributed by atoms with Crippen LogP contribution in [0, 0.1) is 5.92 Å². The van der Waals surface area contributed by atoms with Crippen molar-refractivity contribution in [1.29, 1.82) is 0 Å². The zero-order chi connectivity index (χ0) is 19.6. The second kappa shape index (κ2) is 7.90. The molecule has 1 aliphatic heterocycles. The maximum atomic E-state index is 12.7. The van der Waals surface area contributed by atoms with E-state index in [1.807, 2.05) is 32.0 Å². The van der Waals surface area contributed by atoms with Crippen molar-refractivity contribution in [3.63, 3.8) is 0 Å². The van der Waals surface area contributed by atoms with Gasteiger partial charge in [0.15, 0.2) is 0 Å². The van der Waals surface area contributed by atoms with Crippen LogP contribution in [0.15, 0.2) is 18.2 Å². The number of carbonyl (C=O) groups excluding carboxylic acids is 2. The molecule has 0 saturated heterocycles. The number of amides is 2. The average molecular weight is 373 g/mol. The van der Waals surface area contributed by atoms with Crippen LogP contribution in [0.5, 0.6) is 5.75 Å². The monoisotopic (exact) mass is 373 g/mol. The molecule has 0 radical (unpaired) electrons. The fourth-order valence-electron chi connectivity index (χ4n) is 3.54. The third kappa shape index (κ3) is 3.72. The van der Waals surface area contributed by atoms with Gasteiger partial charge < -0.3 is 24.7 Å². The molecular weight excluding hydrogens is 346 g/mol. The summed E-state index contributed by atoms with van der Waals surface area (Å²) in [5.41, 5.74) is 3.28. The molecule has 0 unspecified atom stereocenters. The predicted octanol–water partition coefficient (Wildman–Crippen LogP) is 2.83. The lowest BCUT2D eigenvalue weighted by Gasteiger charge is -2.30. The third-order valence-corrected chi connectivity index (χ3v) is 5.42. The van der Waals surface area contributed by atoms with Crippen LogP contribution in [0.3, 0.4) is 0 Å². The molecule has 1 aromatic carbocycles. The molecule has 0 fully saturated rings. The molecule has 1 aliphatic rings. The van der Waals surface area contributed by atoms with Gasteiger partial charge in [0.2, 0.25) is 0 Å². The maximum absolute atomic E-state index is 12.7. The van der Waals surface area contributed by atoms with E-state index in [0.717, 1.165) is 35.2 Å². The first-order valence-electron chi connectivity index (χ1n) is 9.29. The number of aromatic nitrogens is 1. The molecule has 0 aliphatic carbocycles. The van der Waals surface area contributed by atoms with Gasteiger partial charge in [-0.15, -0.1) is 0 Å². The minimum Gasteiger partial charge on any atom is -0.497 e. The zero-order valence-electron chi connectivity index (χ0n) is 16.3. The van der Waals surface area contributed by atoms with Crippen molar-refractivity contribution in [1.82, 2.24) is 15.2 Å².